The number of aromatic nitrogens is 3. The molecule has 2 rings (SSSR count). The Kier molecular flexibility index (Phi) is 4.29. The predicted octanol–water partition coefficient (Wildman–Crippen LogP) is 3.45. The largest absolute Gasteiger partial charge is 0.433 e. The van der Waals surface area contributed by atoms with Crippen molar-refractivity contribution in [2.45, 2.75) is 6.18 Å². The molecule has 10 heteroatoms. The van der Waals surface area contributed by atoms with E-state index in [1.165, 1.54) is 6.07 Å². The van der Waals surface area contributed by atoms with E-state index < -0.39 is 17.8 Å². The predicted molar refractivity (Wildman–Crippen MR) is 69.2 cm³/mol. The third-order valence-corrected chi connectivity index (χ3v) is 2.57. The second-order valence-electron chi connectivity index (χ2n) is 3.73. The van der Waals surface area contributed by atoms with E-state index in [4.69, 9.17) is 23.2 Å². The van der Waals surface area contributed by atoms with E-state index in [1.54, 1.807) is 0 Å². The highest BCUT2D eigenvalue weighted by Gasteiger charge is 2.32. The van der Waals surface area contributed by atoms with Gasteiger partial charge in [-0.15, -0.1) is 0 Å². The molecule has 1 amide bonds. The Bertz CT molecular complexity index is 656. The van der Waals surface area contributed by atoms with Crippen molar-refractivity contribution < 1.29 is 18.0 Å². The summed E-state index contributed by atoms with van der Waals surface area (Å²) in [5.74, 6) is -0.706. The van der Waals surface area contributed by atoms with E-state index in [0.29, 0.717) is 0 Å². The maximum atomic E-state index is 12.3. The van der Waals surface area contributed by atoms with Crippen molar-refractivity contribution in [1.29, 1.82) is 0 Å². The first kappa shape index (κ1) is 15.5. The van der Waals surface area contributed by atoms with Crippen LogP contribution in [0.2, 0.25) is 10.4 Å². The van der Waals surface area contributed by atoms with Crippen LogP contribution in [-0.2, 0) is 6.18 Å². The molecule has 1 N–H and O–H groups in total. The maximum Gasteiger partial charge on any atom is 0.433 e. The van der Waals surface area contributed by atoms with E-state index in [-0.39, 0.29) is 21.8 Å². The molecule has 0 aliphatic heterocycles. The molecule has 110 valence electrons. The SMILES string of the molecule is O=C(Nc1ccc(C(F)(F)F)nc1)c1cc(Cl)nc(Cl)n1. The maximum absolute atomic E-state index is 12.3. The zero-order chi connectivity index (χ0) is 15.6. The Hall–Kier alpha value is -1.93. The first-order chi connectivity index (χ1) is 9.75. The number of nitrogens with one attached hydrogen (secondary N) is 1. The summed E-state index contributed by atoms with van der Waals surface area (Å²) in [6.07, 6.45) is -3.67. The number of hydrogen-bond donors (Lipinski definition) is 1. The Morgan fingerprint density at radius 3 is 2.43 bits per heavy atom. The lowest BCUT2D eigenvalue weighted by atomic mass is 10.3. The van der Waals surface area contributed by atoms with E-state index in [0.717, 1.165) is 18.3 Å². The summed E-state index contributed by atoms with van der Waals surface area (Å²) < 4.78 is 37.0. The third-order valence-electron chi connectivity index (χ3n) is 2.21. The van der Waals surface area contributed by atoms with Gasteiger partial charge in [-0.05, 0) is 23.7 Å². The molecule has 0 atom stereocenters. The molecule has 0 bridgehead atoms. The summed E-state index contributed by atoms with van der Waals surface area (Å²) in [4.78, 5) is 22.2. The van der Waals surface area contributed by atoms with Gasteiger partial charge in [-0.1, -0.05) is 11.6 Å². The van der Waals surface area contributed by atoms with Crippen LogP contribution >= 0.6 is 23.2 Å². The highest BCUT2D eigenvalue weighted by atomic mass is 35.5. The molecule has 0 saturated heterocycles. The van der Waals surface area contributed by atoms with Gasteiger partial charge < -0.3 is 5.32 Å². The summed E-state index contributed by atoms with van der Waals surface area (Å²) >= 11 is 11.2. The number of halogens is 5. The van der Waals surface area contributed by atoms with Crippen molar-refractivity contribution in [3.63, 3.8) is 0 Å². The fourth-order valence-corrected chi connectivity index (χ4v) is 1.75. The van der Waals surface area contributed by atoms with Crippen molar-refractivity contribution in [2.75, 3.05) is 5.32 Å². The van der Waals surface area contributed by atoms with Crippen LogP contribution in [0, 0.1) is 0 Å². The van der Waals surface area contributed by atoms with Gasteiger partial charge >= 0.3 is 6.18 Å². The van der Waals surface area contributed by atoms with E-state index in [2.05, 4.69) is 20.3 Å². The van der Waals surface area contributed by atoms with Crippen molar-refractivity contribution in [2.24, 2.45) is 0 Å². The molecule has 2 aromatic rings. The highest BCUT2D eigenvalue weighted by molar-refractivity contribution is 6.32. The van der Waals surface area contributed by atoms with Crippen molar-refractivity contribution in [1.82, 2.24) is 15.0 Å². The number of nitrogens with zero attached hydrogens (tertiary/aromatic N) is 3. The van der Waals surface area contributed by atoms with Crippen LogP contribution in [0.1, 0.15) is 16.2 Å². The summed E-state index contributed by atoms with van der Waals surface area (Å²) in [5.41, 5.74) is -1.12. The molecule has 0 saturated carbocycles. The molecule has 0 aliphatic rings. The van der Waals surface area contributed by atoms with Gasteiger partial charge in [-0.25, -0.2) is 15.0 Å². The zero-order valence-corrected chi connectivity index (χ0v) is 11.5. The third kappa shape index (κ3) is 4.02. The normalized spacial score (nSPS) is 11.3. The van der Waals surface area contributed by atoms with Gasteiger partial charge in [-0.3, -0.25) is 4.79 Å². The Labute approximate surface area is 126 Å². The van der Waals surface area contributed by atoms with Gasteiger partial charge in [0.2, 0.25) is 5.28 Å². The van der Waals surface area contributed by atoms with Crippen LogP contribution in [0.4, 0.5) is 18.9 Å². The molecule has 2 aromatic heterocycles. The molecule has 0 aromatic carbocycles. The second-order valence-corrected chi connectivity index (χ2v) is 4.45. The minimum atomic E-state index is -4.55. The first-order valence-corrected chi connectivity index (χ1v) is 6.06. The summed E-state index contributed by atoms with van der Waals surface area (Å²) in [6, 6.07) is 2.98. The smallest absolute Gasteiger partial charge is 0.319 e. The van der Waals surface area contributed by atoms with E-state index in [1.807, 2.05) is 0 Å². The first-order valence-electron chi connectivity index (χ1n) is 5.30. The van der Waals surface area contributed by atoms with Crippen LogP contribution < -0.4 is 5.32 Å². The number of amides is 1. The van der Waals surface area contributed by atoms with Gasteiger partial charge in [0, 0.05) is 6.07 Å². The Morgan fingerprint density at radius 2 is 1.90 bits per heavy atom. The Balaban J connectivity index is 2.16. The monoisotopic (exact) mass is 336 g/mol. The van der Waals surface area contributed by atoms with Crippen LogP contribution in [0.15, 0.2) is 24.4 Å². The second kappa shape index (κ2) is 5.82. The number of rotatable bonds is 2. The topological polar surface area (TPSA) is 67.8 Å². The minimum absolute atomic E-state index is 0.0364. The van der Waals surface area contributed by atoms with Crippen LogP contribution in [0.25, 0.3) is 0 Å². The molecule has 0 spiro atoms. The number of alkyl halides is 3. The number of anilines is 1. The molecule has 0 unspecified atom stereocenters. The number of hydrogen-bond acceptors (Lipinski definition) is 4. The molecule has 0 fully saturated rings. The van der Waals surface area contributed by atoms with Gasteiger partial charge in [0.05, 0.1) is 11.9 Å². The molecule has 0 radical (unpaired) electrons. The van der Waals surface area contributed by atoms with Crippen molar-refractivity contribution in [3.05, 3.63) is 46.2 Å². The lowest BCUT2D eigenvalue weighted by Crippen LogP contribution is -2.15. The lowest BCUT2D eigenvalue weighted by molar-refractivity contribution is -0.141. The summed E-state index contributed by atoms with van der Waals surface area (Å²) in [5, 5.41) is 2.05. The fraction of sp³-hybridized carbons (Fsp3) is 0.0909. The summed E-state index contributed by atoms with van der Waals surface area (Å²) in [7, 11) is 0. The molecular formula is C11H5Cl2F3N4O. The standard InChI is InChI=1S/C11H5Cl2F3N4O/c12-8-3-6(19-10(13)20-8)9(21)18-5-1-2-7(17-4-5)11(14,15)16/h1-4H,(H,18,21). The van der Waals surface area contributed by atoms with Gasteiger partial charge in [0.1, 0.15) is 16.5 Å². The Morgan fingerprint density at radius 1 is 1.19 bits per heavy atom. The molecule has 5 nitrogen and oxygen atoms in total. The van der Waals surface area contributed by atoms with E-state index in [9.17, 15) is 18.0 Å². The molecule has 21 heavy (non-hydrogen) atoms. The van der Waals surface area contributed by atoms with Crippen molar-refractivity contribution in [3.8, 4) is 0 Å². The van der Waals surface area contributed by atoms with Crippen LogP contribution in [-0.4, -0.2) is 20.9 Å². The number of pyridine rings is 1. The minimum Gasteiger partial charge on any atom is -0.319 e. The quantitative estimate of drug-likeness (QED) is 0.673. The van der Waals surface area contributed by atoms with Gasteiger partial charge in [0.25, 0.3) is 5.91 Å². The zero-order valence-electron chi connectivity index (χ0n) is 9.95. The van der Waals surface area contributed by atoms with E-state index >= 15 is 0 Å². The van der Waals surface area contributed by atoms with Crippen LogP contribution in [0.5, 0.6) is 0 Å². The number of carbonyl (C=O) groups is 1. The number of carbonyl (C=O) groups excluding carboxylic acids is 1. The highest BCUT2D eigenvalue weighted by Crippen LogP contribution is 2.27. The fourth-order valence-electron chi connectivity index (χ4n) is 1.34. The van der Waals surface area contributed by atoms with Crippen molar-refractivity contribution >= 4 is 34.8 Å². The van der Waals surface area contributed by atoms with Gasteiger partial charge in [-0.2, -0.15) is 13.2 Å². The lowest BCUT2D eigenvalue weighted by Gasteiger charge is -2.07. The average Bonchev–Trinajstić information content (AvgIpc) is 2.37. The van der Waals surface area contributed by atoms with Crippen LogP contribution in [0.3, 0.4) is 0 Å². The molecule has 0 aliphatic carbocycles. The van der Waals surface area contributed by atoms with Gasteiger partial charge in [0.15, 0.2) is 0 Å². The summed E-state index contributed by atoms with van der Waals surface area (Å²) in [6.45, 7) is 0. The molecule has 2 heterocycles. The average molecular weight is 337 g/mol. The molecular weight excluding hydrogens is 332 g/mol.